The summed E-state index contributed by atoms with van der Waals surface area (Å²) in [6, 6.07) is 12.5. The summed E-state index contributed by atoms with van der Waals surface area (Å²) in [4.78, 5) is 0. The molecule has 1 nitrogen and oxygen atoms in total. The molecule has 3 unspecified atom stereocenters. The molecule has 1 heteroatoms. The summed E-state index contributed by atoms with van der Waals surface area (Å²) >= 11 is 0. The van der Waals surface area contributed by atoms with Crippen molar-refractivity contribution >= 4 is 0 Å². The maximum absolute atomic E-state index is 4.04. The van der Waals surface area contributed by atoms with Crippen molar-refractivity contribution in [1.82, 2.24) is 5.32 Å². The van der Waals surface area contributed by atoms with E-state index in [2.05, 4.69) is 42.6 Å². The molecule has 1 N–H and O–H groups in total. The molecule has 0 spiro atoms. The minimum atomic E-state index is 0.610. The summed E-state index contributed by atoms with van der Waals surface area (Å²) in [5.74, 6) is 1.79. The van der Waals surface area contributed by atoms with Crippen LogP contribution < -0.4 is 5.32 Å². The first-order valence-electron chi connectivity index (χ1n) is 8.19. The summed E-state index contributed by atoms with van der Waals surface area (Å²) in [5.41, 5.74) is 1.51. The second kappa shape index (κ2) is 6.09. The van der Waals surface area contributed by atoms with E-state index in [0.717, 1.165) is 17.9 Å². The van der Waals surface area contributed by atoms with Gasteiger partial charge in [0.15, 0.2) is 0 Å². The summed E-state index contributed by atoms with van der Waals surface area (Å²) in [6.45, 7) is 2.36. The van der Waals surface area contributed by atoms with E-state index < -0.39 is 0 Å². The van der Waals surface area contributed by atoms with Crippen LogP contribution >= 0.6 is 0 Å². The van der Waals surface area contributed by atoms with Crippen LogP contribution in [0.1, 0.15) is 63.5 Å². The Bertz CT molecular complexity index is 382. The standard InChI is InChI=1S/C18H27N/c1-2-14-8-6-7-11-17(14)19-18(16-12-13-16)15-9-4-3-5-10-15/h3-5,9-10,14,16-19H,2,6-8,11-13H2,1H3. The summed E-state index contributed by atoms with van der Waals surface area (Å²) in [5, 5.41) is 4.04. The zero-order chi connectivity index (χ0) is 13.1. The number of rotatable bonds is 5. The van der Waals surface area contributed by atoms with Gasteiger partial charge in [0.2, 0.25) is 0 Å². The van der Waals surface area contributed by atoms with E-state index in [1.807, 2.05) is 0 Å². The van der Waals surface area contributed by atoms with Gasteiger partial charge < -0.3 is 5.32 Å². The van der Waals surface area contributed by atoms with Crippen molar-refractivity contribution in [2.24, 2.45) is 11.8 Å². The Hall–Kier alpha value is -0.820. The van der Waals surface area contributed by atoms with Crippen molar-refractivity contribution in [3.05, 3.63) is 35.9 Å². The lowest BCUT2D eigenvalue weighted by atomic mass is 9.82. The van der Waals surface area contributed by atoms with Crippen LogP contribution in [-0.4, -0.2) is 6.04 Å². The Morgan fingerprint density at radius 2 is 1.79 bits per heavy atom. The van der Waals surface area contributed by atoms with Crippen molar-refractivity contribution in [1.29, 1.82) is 0 Å². The molecule has 0 saturated heterocycles. The van der Waals surface area contributed by atoms with Gasteiger partial charge in [-0.3, -0.25) is 0 Å². The van der Waals surface area contributed by atoms with E-state index in [1.165, 1.54) is 50.5 Å². The quantitative estimate of drug-likeness (QED) is 0.806. The maximum Gasteiger partial charge on any atom is 0.0351 e. The molecule has 1 aromatic carbocycles. The molecule has 0 heterocycles. The summed E-state index contributed by atoms with van der Waals surface area (Å²) in [6.07, 6.45) is 9.83. The van der Waals surface area contributed by atoms with E-state index in [1.54, 1.807) is 0 Å². The van der Waals surface area contributed by atoms with E-state index in [9.17, 15) is 0 Å². The molecule has 0 aromatic heterocycles. The average molecular weight is 257 g/mol. The molecular formula is C18H27N. The molecule has 0 bridgehead atoms. The fourth-order valence-electron chi connectivity index (χ4n) is 3.74. The molecule has 0 radical (unpaired) electrons. The van der Waals surface area contributed by atoms with E-state index in [-0.39, 0.29) is 0 Å². The van der Waals surface area contributed by atoms with E-state index in [4.69, 9.17) is 0 Å². The molecule has 2 saturated carbocycles. The minimum absolute atomic E-state index is 0.610. The van der Waals surface area contributed by atoms with Gasteiger partial charge in [0.25, 0.3) is 0 Å². The van der Waals surface area contributed by atoms with E-state index in [0.29, 0.717) is 6.04 Å². The molecule has 2 aliphatic rings. The number of benzene rings is 1. The van der Waals surface area contributed by atoms with Gasteiger partial charge in [-0.15, -0.1) is 0 Å². The van der Waals surface area contributed by atoms with Gasteiger partial charge in [0.1, 0.15) is 0 Å². The molecule has 3 atom stereocenters. The lowest BCUT2D eigenvalue weighted by Gasteiger charge is -2.35. The molecule has 19 heavy (non-hydrogen) atoms. The first kappa shape index (κ1) is 13.2. The van der Waals surface area contributed by atoms with Crippen molar-refractivity contribution < 1.29 is 0 Å². The second-order valence-corrected chi connectivity index (χ2v) is 6.45. The molecular weight excluding hydrogens is 230 g/mol. The van der Waals surface area contributed by atoms with Gasteiger partial charge in [-0.2, -0.15) is 0 Å². The van der Waals surface area contributed by atoms with Crippen LogP contribution in [0.25, 0.3) is 0 Å². The van der Waals surface area contributed by atoms with Crippen LogP contribution in [0.5, 0.6) is 0 Å². The molecule has 0 aliphatic heterocycles. The fraction of sp³-hybridized carbons (Fsp3) is 0.667. The number of hydrogen-bond donors (Lipinski definition) is 1. The van der Waals surface area contributed by atoms with Gasteiger partial charge in [-0.25, -0.2) is 0 Å². The van der Waals surface area contributed by atoms with Crippen LogP contribution in [0.15, 0.2) is 30.3 Å². The van der Waals surface area contributed by atoms with Crippen LogP contribution in [0, 0.1) is 11.8 Å². The first-order chi connectivity index (χ1) is 9.38. The monoisotopic (exact) mass is 257 g/mol. The highest BCUT2D eigenvalue weighted by Crippen LogP contribution is 2.42. The largest absolute Gasteiger partial charge is 0.307 e. The second-order valence-electron chi connectivity index (χ2n) is 6.45. The van der Waals surface area contributed by atoms with Crippen LogP contribution in [0.4, 0.5) is 0 Å². The van der Waals surface area contributed by atoms with Crippen LogP contribution in [0.3, 0.4) is 0 Å². The lowest BCUT2D eigenvalue weighted by molar-refractivity contribution is 0.229. The Balaban J connectivity index is 1.71. The van der Waals surface area contributed by atoms with Crippen molar-refractivity contribution in [3.8, 4) is 0 Å². The minimum Gasteiger partial charge on any atom is -0.307 e. The zero-order valence-electron chi connectivity index (χ0n) is 12.1. The normalized spacial score (nSPS) is 29.1. The Kier molecular flexibility index (Phi) is 4.22. The van der Waals surface area contributed by atoms with Gasteiger partial charge in [-0.1, -0.05) is 56.5 Å². The summed E-state index contributed by atoms with van der Waals surface area (Å²) in [7, 11) is 0. The Morgan fingerprint density at radius 1 is 1.05 bits per heavy atom. The molecule has 3 rings (SSSR count). The van der Waals surface area contributed by atoms with Gasteiger partial charge in [-0.05, 0) is 43.1 Å². The van der Waals surface area contributed by atoms with Crippen molar-refractivity contribution in [3.63, 3.8) is 0 Å². The SMILES string of the molecule is CCC1CCCCC1NC(c1ccccc1)C1CC1. The van der Waals surface area contributed by atoms with Crippen molar-refractivity contribution in [2.75, 3.05) is 0 Å². The average Bonchev–Trinajstić information content (AvgIpc) is 3.30. The third kappa shape index (κ3) is 3.20. The molecule has 1 aromatic rings. The summed E-state index contributed by atoms with van der Waals surface area (Å²) < 4.78 is 0. The maximum atomic E-state index is 4.04. The Labute approximate surface area is 117 Å². The van der Waals surface area contributed by atoms with Crippen LogP contribution in [-0.2, 0) is 0 Å². The first-order valence-corrected chi connectivity index (χ1v) is 8.19. The molecule has 104 valence electrons. The molecule has 2 fully saturated rings. The lowest BCUT2D eigenvalue weighted by Crippen LogP contribution is -2.41. The highest BCUT2D eigenvalue weighted by Gasteiger charge is 2.35. The predicted molar refractivity (Wildman–Crippen MR) is 81.1 cm³/mol. The van der Waals surface area contributed by atoms with E-state index >= 15 is 0 Å². The van der Waals surface area contributed by atoms with Gasteiger partial charge >= 0.3 is 0 Å². The van der Waals surface area contributed by atoms with Gasteiger partial charge in [0, 0.05) is 12.1 Å². The molecule has 0 amide bonds. The van der Waals surface area contributed by atoms with Crippen molar-refractivity contribution in [2.45, 2.75) is 64.0 Å². The number of hydrogen-bond acceptors (Lipinski definition) is 1. The molecule has 2 aliphatic carbocycles. The predicted octanol–water partition coefficient (Wildman–Crippen LogP) is 4.70. The topological polar surface area (TPSA) is 12.0 Å². The zero-order valence-corrected chi connectivity index (χ0v) is 12.1. The fourth-order valence-corrected chi connectivity index (χ4v) is 3.74. The number of nitrogens with one attached hydrogen (secondary N) is 1. The highest BCUT2D eigenvalue weighted by molar-refractivity contribution is 5.21. The van der Waals surface area contributed by atoms with Crippen LogP contribution in [0.2, 0.25) is 0 Å². The smallest absolute Gasteiger partial charge is 0.0351 e. The highest BCUT2D eigenvalue weighted by atomic mass is 15.0. The Morgan fingerprint density at radius 3 is 2.47 bits per heavy atom. The van der Waals surface area contributed by atoms with Gasteiger partial charge in [0.05, 0.1) is 0 Å². The third-order valence-electron chi connectivity index (χ3n) is 5.08. The third-order valence-corrected chi connectivity index (χ3v) is 5.08.